The summed E-state index contributed by atoms with van der Waals surface area (Å²) in [5, 5.41) is 8.41. The molecule has 0 unspecified atom stereocenters. The molecule has 1 aromatic carbocycles. The fraction of sp³-hybridized carbons (Fsp3) is 0.300. The minimum atomic E-state index is -3.69. The molecule has 0 amide bonds. The molecule has 7 heteroatoms. The molecule has 0 saturated heterocycles. The van der Waals surface area contributed by atoms with E-state index in [2.05, 4.69) is 15.9 Å². The monoisotopic (exact) mass is 320 g/mol. The van der Waals surface area contributed by atoms with Crippen molar-refractivity contribution in [3.8, 4) is 6.07 Å². The van der Waals surface area contributed by atoms with Gasteiger partial charge in [0.05, 0.1) is 11.0 Å². The summed E-state index contributed by atoms with van der Waals surface area (Å²) >= 11 is 3.01. The second-order valence-corrected chi connectivity index (χ2v) is 6.18. The molecule has 0 heterocycles. The summed E-state index contributed by atoms with van der Waals surface area (Å²) in [5.74, 6) is -0.518. The molecule has 0 aliphatic rings. The Bertz CT molecular complexity index is 554. The van der Waals surface area contributed by atoms with Crippen molar-refractivity contribution in [2.45, 2.75) is 11.3 Å². The van der Waals surface area contributed by atoms with E-state index in [1.165, 1.54) is 13.1 Å². The Morgan fingerprint density at radius 2 is 2.18 bits per heavy atom. The number of nitrogens with zero attached hydrogens (tertiary/aromatic N) is 2. The average Bonchev–Trinajstić information content (AvgIpc) is 2.25. The zero-order chi connectivity index (χ0) is 13.1. The van der Waals surface area contributed by atoms with Crippen molar-refractivity contribution in [1.82, 2.24) is 4.31 Å². The molecule has 0 saturated carbocycles. The third-order valence-electron chi connectivity index (χ3n) is 2.12. The van der Waals surface area contributed by atoms with Crippen LogP contribution in [0.2, 0.25) is 0 Å². The highest BCUT2D eigenvalue weighted by atomic mass is 79.9. The van der Waals surface area contributed by atoms with Gasteiger partial charge in [0.25, 0.3) is 0 Å². The third kappa shape index (κ3) is 3.25. The van der Waals surface area contributed by atoms with Crippen LogP contribution in [0.5, 0.6) is 0 Å². The van der Waals surface area contributed by atoms with Gasteiger partial charge in [-0.05, 0) is 34.1 Å². The minimum Gasteiger partial charge on any atom is -0.207 e. The molecule has 92 valence electrons. The van der Waals surface area contributed by atoms with E-state index in [0.717, 1.165) is 16.4 Å². The lowest BCUT2D eigenvalue weighted by Gasteiger charge is -2.16. The molecule has 0 aromatic heterocycles. The van der Waals surface area contributed by atoms with Gasteiger partial charge in [-0.3, -0.25) is 0 Å². The van der Waals surface area contributed by atoms with Gasteiger partial charge in [-0.25, -0.2) is 12.8 Å². The Morgan fingerprint density at radius 1 is 1.53 bits per heavy atom. The van der Waals surface area contributed by atoms with Crippen LogP contribution in [0.1, 0.15) is 6.42 Å². The van der Waals surface area contributed by atoms with E-state index in [-0.39, 0.29) is 22.3 Å². The first-order valence-electron chi connectivity index (χ1n) is 4.68. The first-order valence-corrected chi connectivity index (χ1v) is 6.91. The smallest absolute Gasteiger partial charge is 0.207 e. The molecule has 0 radical (unpaired) electrons. The molecule has 4 nitrogen and oxygen atoms in total. The van der Waals surface area contributed by atoms with Gasteiger partial charge in [-0.15, -0.1) is 0 Å². The van der Waals surface area contributed by atoms with Gasteiger partial charge in [0.1, 0.15) is 5.82 Å². The molecule has 0 fully saturated rings. The highest BCUT2D eigenvalue weighted by molar-refractivity contribution is 9.10. The van der Waals surface area contributed by atoms with Gasteiger partial charge in [-0.1, -0.05) is 0 Å². The summed E-state index contributed by atoms with van der Waals surface area (Å²) in [6.07, 6.45) is 0.106. The maximum absolute atomic E-state index is 12.9. The first kappa shape index (κ1) is 14.1. The van der Waals surface area contributed by atoms with Crippen LogP contribution in [-0.2, 0) is 10.0 Å². The van der Waals surface area contributed by atoms with Crippen LogP contribution < -0.4 is 0 Å². The van der Waals surface area contributed by atoms with Crippen LogP contribution in [0.15, 0.2) is 27.6 Å². The molecular formula is C10H10BrFN2O2S. The molecule has 1 aromatic rings. The van der Waals surface area contributed by atoms with Crippen molar-refractivity contribution in [2.24, 2.45) is 0 Å². The predicted molar refractivity (Wildman–Crippen MR) is 64.1 cm³/mol. The van der Waals surface area contributed by atoms with Gasteiger partial charge in [0.15, 0.2) is 0 Å². The summed E-state index contributed by atoms with van der Waals surface area (Å²) in [6.45, 7) is 0.0999. The Hall–Kier alpha value is -0.970. The molecule has 0 atom stereocenters. The van der Waals surface area contributed by atoms with Crippen LogP contribution in [-0.4, -0.2) is 26.3 Å². The van der Waals surface area contributed by atoms with E-state index >= 15 is 0 Å². The molecule has 1 rings (SSSR count). The second-order valence-electron chi connectivity index (χ2n) is 3.31. The molecule has 0 N–H and O–H groups in total. The topological polar surface area (TPSA) is 61.2 Å². The normalized spacial score (nSPS) is 11.5. The van der Waals surface area contributed by atoms with Crippen LogP contribution >= 0.6 is 15.9 Å². The lowest BCUT2D eigenvalue weighted by Crippen LogP contribution is -2.28. The Labute approximate surface area is 108 Å². The minimum absolute atomic E-state index is 0.0145. The van der Waals surface area contributed by atoms with Crippen molar-refractivity contribution in [3.63, 3.8) is 0 Å². The number of benzene rings is 1. The van der Waals surface area contributed by atoms with Crippen molar-refractivity contribution >= 4 is 26.0 Å². The third-order valence-corrected chi connectivity index (χ3v) is 4.95. The largest absolute Gasteiger partial charge is 0.243 e. The maximum Gasteiger partial charge on any atom is 0.243 e. The molecule has 0 aliphatic heterocycles. The van der Waals surface area contributed by atoms with Crippen molar-refractivity contribution in [1.29, 1.82) is 5.26 Å². The van der Waals surface area contributed by atoms with E-state index < -0.39 is 15.8 Å². The van der Waals surface area contributed by atoms with Crippen LogP contribution in [0, 0.1) is 17.1 Å². The van der Waals surface area contributed by atoms with E-state index in [1.807, 2.05) is 6.07 Å². The van der Waals surface area contributed by atoms with Gasteiger partial charge < -0.3 is 0 Å². The Kier molecular flexibility index (Phi) is 4.62. The van der Waals surface area contributed by atoms with E-state index in [4.69, 9.17) is 5.26 Å². The summed E-state index contributed by atoms with van der Waals surface area (Å²) in [4.78, 5) is -0.0145. The highest BCUT2D eigenvalue weighted by Crippen LogP contribution is 2.25. The fourth-order valence-corrected chi connectivity index (χ4v) is 3.36. The van der Waals surface area contributed by atoms with E-state index in [9.17, 15) is 12.8 Å². The molecule has 0 aliphatic carbocycles. The fourth-order valence-electron chi connectivity index (χ4n) is 1.18. The van der Waals surface area contributed by atoms with Crippen LogP contribution in [0.25, 0.3) is 0 Å². The standard InChI is InChI=1S/C10H10BrFN2O2S/c1-14(6-2-5-13)17(15,16)10-4-3-8(12)7-9(10)11/h3-4,7H,2,6H2,1H3. The summed E-state index contributed by atoms with van der Waals surface area (Å²) in [6, 6.07) is 5.23. The number of nitriles is 1. The van der Waals surface area contributed by atoms with Crippen LogP contribution in [0.3, 0.4) is 0 Å². The van der Waals surface area contributed by atoms with Gasteiger partial charge >= 0.3 is 0 Å². The number of halogens is 2. The van der Waals surface area contributed by atoms with Crippen molar-refractivity contribution < 1.29 is 12.8 Å². The zero-order valence-electron chi connectivity index (χ0n) is 9.02. The zero-order valence-corrected chi connectivity index (χ0v) is 11.4. The van der Waals surface area contributed by atoms with Gasteiger partial charge in [0.2, 0.25) is 10.0 Å². The van der Waals surface area contributed by atoms with Crippen molar-refractivity contribution in [3.05, 3.63) is 28.5 Å². The SMILES string of the molecule is CN(CCC#N)S(=O)(=O)c1ccc(F)cc1Br. The Balaban J connectivity index is 3.09. The lowest BCUT2D eigenvalue weighted by molar-refractivity contribution is 0.476. The predicted octanol–water partition coefficient (Wildman–Crippen LogP) is 2.12. The first-order chi connectivity index (χ1) is 7.89. The maximum atomic E-state index is 12.9. The van der Waals surface area contributed by atoms with E-state index in [1.54, 1.807) is 0 Å². The van der Waals surface area contributed by atoms with E-state index in [0.29, 0.717) is 0 Å². The summed E-state index contributed by atoms with van der Waals surface area (Å²) < 4.78 is 38.2. The summed E-state index contributed by atoms with van der Waals surface area (Å²) in [5.41, 5.74) is 0. The Morgan fingerprint density at radius 3 is 2.71 bits per heavy atom. The summed E-state index contributed by atoms with van der Waals surface area (Å²) in [7, 11) is -2.31. The highest BCUT2D eigenvalue weighted by Gasteiger charge is 2.23. The lowest BCUT2D eigenvalue weighted by atomic mass is 10.3. The van der Waals surface area contributed by atoms with Crippen molar-refractivity contribution in [2.75, 3.05) is 13.6 Å². The van der Waals surface area contributed by atoms with Gasteiger partial charge in [-0.2, -0.15) is 9.57 Å². The molecule has 0 spiro atoms. The molecular weight excluding hydrogens is 311 g/mol. The van der Waals surface area contributed by atoms with Gasteiger partial charge in [0, 0.05) is 24.5 Å². The number of hydrogen-bond acceptors (Lipinski definition) is 3. The number of hydrogen-bond donors (Lipinski definition) is 0. The molecule has 0 bridgehead atoms. The van der Waals surface area contributed by atoms with Crippen LogP contribution in [0.4, 0.5) is 4.39 Å². The number of sulfonamides is 1. The second kappa shape index (κ2) is 5.58. The quantitative estimate of drug-likeness (QED) is 0.853. The molecule has 17 heavy (non-hydrogen) atoms. The average molecular weight is 321 g/mol. The number of rotatable bonds is 4.